The van der Waals surface area contributed by atoms with Crippen LogP contribution in [0.5, 0.6) is 0 Å². The Balaban J connectivity index is 1.64. The molecule has 3 aliphatic rings. The van der Waals surface area contributed by atoms with E-state index in [4.69, 9.17) is 4.74 Å². The van der Waals surface area contributed by atoms with Gasteiger partial charge in [-0.05, 0) is 50.7 Å². The molecule has 0 aromatic heterocycles. The number of hydrogen-bond acceptors (Lipinski definition) is 3. The summed E-state index contributed by atoms with van der Waals surface area (Å²) >= 11 is 0. The SMILES string of the molecule is O=C1CCCN(C2CCOC3(CCC3)C2)c2ccccc21. The molecule has 3 nitrogen and oxygen atoms in total. The summed E-state index contributed by atoms with van der Waals surface area (Å²) in [5, 5.41) is 0. The molecule has 1 aromatic carbocycles. The smallest absolute Gasteiger partial charge is 0.165 e. The Morgan fingerprint density at radius 2 is 2.05 bits per heavy atom. The first-order chi connectivity index (χ1) is 10.3. The number of hydrogen-bond donors (Lipinski definition) is 0. The molecule has 0 amide bonds. The number of fused-ring (bicyclic) bond motifs is 1. The van der Waals surface area contributed by atoms with Crippen molar-refractivity contribution < 1.29 is 9.53 Å². The summed E-state index contributed by atoms with van der Waals surface area (Å²) in [4.78, 5) is 14.8. The highest BCUT2D eigenvalue weighted by Gasteiger charge is 2.44. The minimum Gasteiger partial charge on any atom is -0.375 e. The van der Waals surface area contributed by atoms with Crippen LogP contribution in [0, 0.1) is 0 Å². The molecule has 1 saturated heterocycles. The molecule has 1 saturated carbocycles. The largest absolute Gasteiger partial charge is 0.375 e. The van der Waals surface area contributed by atoms with Gasteiger partial charge in [-0.25, -0.2) is 0 Å². The van der Waals surface area contributed by atoms with Gasteiger partial charge in [-0.15, -0.1) is 0 Å². The van der Waals surface area contributed by atoms with Gasteiger partial charge in [0.2, 0.25) is 0 Å². The zero-order valence-electron chi connectivity index (χ0n) is 12.5. The minimum atomic E-state index is 0.161. The van der Waals surface area contributed by atoms with Crippen LogP contribution in [0.4, 0.5) is 5.69 Å². The third-order valence-corrected chi connectivity index (χ3v) is 5.49. The van der Waals surface area contributed by atoms with Gasteiger partial charge in [0.1, 0.15) is 0 Å². The van der Waals surface area contributed by atoms with E-state index in [1.807, 2.05) is 12.1 Å². The molecule has 1 aliphatic carbocycles. The molecule has 0 N–H and O–H groups in total. The molecule has 1 atom stereocenters. The van der Waals surface area contributed by atoms with E-state index in [1.54, 1.807) is 0 Å². The van der Waals surface area contributed by atoms with Crippen LogP contribution >= 0.6 is 0 Å². The summed E-state index contributed by atoms with van der Waals surface area (Å²) in [6.45, 7) is 1.88. The zero-order valence-corrected chi connectivity index (χ0v) is 12.5. The highest BCUT2D eigenvalue weighted by molar-refractivity contribution is 6.02. The second kappa shape index (κ2) is 5.13. The molecular weight excluding hydrogens is 262 g/mol. The van der Waals surface area contributed by atoms with Crippen molar-refractivity contribution in [2.45, 2.75) is 56.6 Å². The van der Waals surface area contributed by atoms with Crippen LogP contribution in [-0.2, 0) is 4.74 Å². The average molecular weight is 285 g/mol. The van der Waals surface area contributed by atoms with Crippen LogP contribution in [0.3, 0.4) is 0 Å². The van der Waals surface area contributed by atoms with Crippen molar-refractivity contribution in [1.29, 1.82) is 0 Å². The zero-order chi connectivity index (χ0) is 14.3. The molecule has 112 valence electrons. The van der Waals surface area contributed by atoms with E-state index < -0.39 is 0 Å². The number of benzene rings is 1. The monoisotopic (exact) mass is 285 g/mol. The summed E-state index contributed by atoms with van der Waals surface area (Å²) in [6, 6.07) is 8.70. The first kappa shape index (κ1) is 13.3. The number of Topliss-reactive ketones (excluding diaryl/α,β-unsaturated/α-hetero) is 1. The van der Waals surface area contributed by atoms with Gasteiger partial charge in [-0.3, -0.25) is 4.79 Å². The molecule has 2 heterocycles. The van der Waals surface area contributed by atoms with Crippen molar-refractivity contribution in [1.82, 2.24) is 0 Å². The topological polar surface area (TPSA) is 29.5 Å². The molecule has 0 bridgehead atoms. The van der Waals surface area contributed by atoms with E-state index >= 15 is 0 Å². The fourth-order valence-corrected chi connectivity index (χ4v) is 4.19. The number of para-hydroxylation sites is 1. The standard InChI is InChI=1S/C18H23NO2/c20-17-7-3-11-19(16-6-2-1-5-15(16)17)14-8-12-21-18(13-14)9-4-10-18/h1-2,5-6,14H,3-4,7-13H2. The lowest BCUT2D eigenvalue weighted by atomic mass is 9.73. The van der Waals surface area contributed by atoms with Gasteiger partial charge in [0.05, 0.1) is 5.60 Å². The maximum absolute atomic E-state index is 12.3. The minimum absolute atomic E-state index is 0.161. The Bertz CT molecular complexity index is 550. The molecule has 2 fully saturated rings. The van der Waals surface area contributed by atoms with E-state index in [0.29, 0.717) is 18.2 Å². The van der Waals surface area contributed by atoms with Gasteiger partial charge in [0.15, 0.2) is 5.78 Å². The predicted molar refractivity (Wildman–Crippen MR) is 82.9 cm³/mol. The van der Waals surface area contributed by atoms with Gasteiger partial charge in [-0.1, -0.05) is 12.1 Å². The molecule has 1 spiro atoms. The highest BCUT2D eigenvalue weighted by Crippen LogP contribution is 2.44. The van der Waals surface area contributed by atoms with E-state index in [9.17, 15) is 4.79 Å². The van der Waals surface area contributed by atoms with Crippen LogP contribution in [0.1, 0.15) is 55.3 Å². The summed E-state index contributed by atoms with van der Waals surface area (Å²) < 4.78 is 6.07. The van der Waals surface area contributed by atoms with E-state index in [-0.39, 0.29) is 5.60 Å². The third kappa shape index (κ3) is 2.28. The molecule has 4 rings (SSSR count). The first-order valence-corrected chi connectivity index (χ1v) is 8.30. The van der Waals surface area contributed by atoms with Gasteiger partial charge in [0, 0.05) is 36.9 Å². The number of anilines is 1. The molecule has 3 heteroatoms. The molecule has 1 unspecified atom stereocenters. The van der Waals surface area contributed by atoms with Crippen LogP contribution in [0.2, 0.25) is 0 Å². The Morgan fingerprint density at radius 3 is 2.86 bits per heavy atom. The van der Waals surface area contributed by atoms with Crippen molar-refractivity contribution in [3.05, 3.63) is 29.8 Å². The van der Waals surface area contributed by atoms with Gasteiger partial charge in [-0.2, -0.15) is 0 Å². The maximum atomic E-state index is 12.3. The summed E-state index contributed by atoms with van der Waals surface area (Å²) in [5.74, 6) is 0.304. The third-order valence-electron chi connectivity index (χ3n) is 5.49. The first-order valence-electron chi connectivity index (χ1n) is 8.30. The molecule has 2 aliphatic heterocycles. The fourth-order valence-electron chi connectivity index (χ4n) is 4.19. The van der Waals surface area contributed by atoms with Crippen molar-refractivity contribution in [3.63, 3.8) is 0 Å². The highest BCUT2D eigenvalue weighted by atomic mass is 16.5. The normalized spacial score (nSPS) is 27.9. The molecule has 0 radical (unpaired) electrons. The summed E-state index contributed by atoms with van der Waals surface area (Å²) in [6.07, 6.45) is 7.62. The molecule has 21 heavy (non-hydrogen) atoms. The fraction of sp³-hybridized carbons (Fsp3) is 0.611. The number of carbonyl (C=O) groups excluding carboxylic acids is 1. The van der Waals surface area contributed by atoms with Gasteiger partial charge < -0.3 is 9.64 Å². The number of ketones is 1. The number of carbonyl (C=O) groups is 1. The van der Waals surface area contributed by atoms with E-state index in [2.05, 4.69) is 17.0 Å². The van der Waals surface area contributed by atoms with Crippen LogP contribution in [-0.4, -0.2) is 30.6 Å². The Hall–Kier alpha value is -1.35. The Kier molecular flexibility index (Phi) is 3.26. The van der Waals surface area contributed by atoms with Crippen LogP contribution in [0.15, 0.2) is 24.3 Å². The Labute approximate surface area is 126 Å². The number of ether oxygens (including phenoxy) is 1. The summed E-state index contributed by atoms with van der Waals surface area (Å²) in [7, 11) is 0. The van der Waals surface area contributed by atoms with Crippen molar-refractivity contribution in [2.75, 3.05) is 18.1 Å². The van der Waals surface area contributed by atoms with Crippen LogP contribution in [0.25, 0.3) is 0 Å². The number of nitrogens with zero attached hydrogens (tertiary/aromatic N) is 1. The van der Waals surface area contributed by atoms with Crippen molar-refractivity contribution in [3.8, 4) is 0 Å². The Morgan fingerprint density at radius 1 is 1.19 bits per heavy atom. The summed E-state index contributed by atoms with van der Waals surface area (Å²) in [5.41, 5.74) is 2.24. The quantitative estimate of drug-likeness (QED) is 0.790. The van der Waals surface area contributed by atoms with Crippen LogP contribution < -0.4 is 4.90 Å². The lowest BCUT2D eigenvalue weighted by Gasteiger charge is -2.50. The maximum Gasteiger partial charge on any atom is 0.165 e. The van der Waals surface area contributed by atoms with Crippen molar-refractivity contribution in [2.24, 2.45) is 0 Å². The average Bonchev–Trinajstić information content (AvgIpc) is 2.66. The second-order valence-electron chi connectivity index (χ2n) is 6.77. The lowest BCUT2D eigenvalue weighted by molar-refractivity contribution is -0.132. The van der Waals surface area contributed by atoms with Crippen molar-refractivity contribution >= 4 is 11.5 Å². The van der Waals surface area contributed by atoms with E-state index in [0.717, 1.165) is 43.7 Å². The molecular formula is C18H23NO2. The second-order valence-corrected chi connectivity index (χ2v) is 6.77. The number of rotatable bonds is 1. The molecule has 1 aromatic rings. The lowest BCUT2D eigenvalue weighted by Crippen LogP contribution is -2.52. The predicted octanol–water partition coefficient (Wildman–Crippen LogP) is 3.57. The van der Waals surface area contributed by atoms with E-state index in [1.165, 1.54) is 19.3 Å². The van der Waals surface area contributed by atoms with Gasteiger partial charge in [0.25, 0.3) is 0 Å². The van der Waals surface area contributed by atoms with Gasteiger partial charge >= 0.3 is 0 Å².